The van der Waals surface area contributed by atoms with Crippen LogP contribution in [0.3, 0.4) is 0 Å². The summed E-state index contributed by atoms with van der Waals surface area (Å²) in [6.45, 7) is 3.81. The minimum absolute atomic E-state index is 0.00202. The zero-order valence-electron chi connectivity index (χ0n) is 22.7. The summed E-state index contributed by atoms with van der Waals surface area (Å²) in [4.78, 5) is 26.9. The summed E-state index contributed by atoms with van der Waals surface area (Å²) < 4.78 is 12.2. The molecule has 3 aromatic carbocycles. The zero-order chi connectivity index (χ0) is 29.0. The van der Waals surface area contributed by atoms with E-state index in [0.29, 0.717) is 16.3 Å². The number of nitrogens with zero attached hydrogens (tertiary/aromatic N) is 2. The van der Waals surface area contributed by atoms with Crippen LogP contribution in [-0.2, 0) is 24.3 Å². The number of pyridine rings is 1. The summed E-state index contributed by atoms with van der Waals surface area (Å²) in [5.74, 6) is -1.29. The van der Waals surface area contributed by atoms with E-state index in [1.165, 1.54) is 27.8 Å². The van der Waals surface area contributed by atoms with Gasteiger partial charge in [0.25, 0.3) is 0 Å². The third kappa shape index (κ3) is 8.79. The molecule has 0 aliphatic heterocycles. The van der Waals surface area contributed by atoms with Crippen molar-refractivity contribution in [2.24, 2.45) is 0 Å². The lowest BCUT2D eigenvalue weighted by Crippen LogP contribution is -2.16. The predicted molar refractivity (Wildman–Crippen MR) is 159 cm³/mol. The number of hydrogen-bond acceptors (Lipinski definition) is 6. The molecule has 0 amide bonds. The molecule has 2 N–H and O–H groups in total. The van der Waals surface area contributed by atoms with E-state index in [1.807, 2.05) is 31.2 Å². The van der Waals surface area contributed by atoms with E-state index in [-0.39, 0.29) is 24.7 Å². The lowest BCUT2D eigenvalue weighted by molar-refractivity contribution is -0.137. The number of fused-ring (bicyclic) bond motifs is 1. The molecule has 212 valence electrons. The highest BCUT2D eigenvalue weighted by atomic mass is 35.5. The van der Waals surface area contributed by atoms with E-state index < -0.39 is 11.7 Å². The fourth-order valence-corrected chi connectivity index (χ4v) is 4.35. The molecule has 9 heteroatoms. The number of rotatable bonds is 11. The first-order valence-corrected chi connectivity index (χ1v) is 13.7. The van der Waals surface area contributed by atoms with Crippen LogP contribution in [0, 0.1) is 0 Å². The fourth-order valence-electron chi connectivity index (χ4n) is 4.15. The van der Waals surface area contributed by atoms with Gasteiger partial charge >= 0.3 is 11.7 Å². The number of oxazole rings is 1. The smallest absolute Gasteiger partial charge is 0.419 e. The van der Waals surface area contributed by atoms with Gasteiger partial charge in [0.2, 0.25) is 0 Å². The number of hydrogen-bond donors (Lipinski definition) is 2. The second-order valence-electron chi connectivity index (χ2n) is 9.33. The highest BCUT2D eigenvalue weighted by Gasteiger charge is 2.17. The van der Waals surface area contributed by atoms with Crippen molar-refractivity contribution in [1.29, 1.82) is 0 Å². The van der Waals surface area contributed by atoms with Crippen LogP contribution in [0.25, 0.3) is 11.1 Å². The zero-order valence-corrected chi connectivity index (χ0v) is 23.5. The lowest BCUT2D eigenvalue weighted by Gasteiger charge is -2.15. The van der Waals surface area contributed by atoms with Crippen LogP contribution in [0.5, 0.6) is 5.75 Å². The molecule has 8 nitrogen and oxygen atoms in total. The van der Waals surface area contributed by atoms with Crippen molar-refractivity contribution in [2.75, 3.05) is 6.54 Å². The van der Waals surface area contributed by atoms with Gasteiger partial charge in [0.1, 0.15) is 11.9 Å². The number of carboxylic acid groups (broad SMARTS) is 1. The number of benzene rings is 3. The van der Waals surface area contributed by atoms with Crippen molar-refractivity contribution in [3.05, 3.63) is 130 Å². The number of nitrogens with one attached hydrogen (secondary N) is 1. The van der Waals surface area contributed by atoms with Crippen molar-refractivity contribution in [3.8, 4) is 5.75 Å². The third-order valence-corrected chi connectivity index (χ3v) is 6.58. The predicted octanol–water partition coefficient (Wildman–Crippen LogP) is 6.28. The number of halogens is 1. The van der Waals surface area contributed by atoms with Crippen LogP contribution >= 0.6 is 11.6 Å². The summed E-state index contributed by atoms with van der Waals surface area (Å²) >= 11 is 6.26. The maximum Gasteiger partial charge on any atom is 0.419 e. The Kier molecular flexibility index (Phi) is 10.7. The van der Waals surface area contributed by atoms with Gasteiger partial charge in [-0.3, -0.25) is 14.3 Å². The van der Waals surface area contributed by atoms with Crippen LogP contribution in [-0.4, -0.2) is 27.2 Å². The van der Waals surface area contributed by atoms with Gasteiger partial charge in [0.15, 0.2) is 5.58 Å². The van der Waals surface area contributed by atoms with E-state index in [1.54, 1.807) is 6.20 Å². The van der Waals surface area contributed by atoms with Crippen molar-refractivity contribution >= 4 is 28.7 Å². The molecule has 1 atom stereocenters. The molecule has 0 saturated heterocycles. The Morgan fingerprint density at radius 1 is 1.02 bits per heavy atom. The number of ether oxygens (including phenoxy) is 1. The average molecular weight is 574 g/mol. The van der Waals surface area contributed by atoms with Gasteiger partial charge in [-0.05, 0) is 49.2 Å². The Morgan fingerprint density at radius 3 is 2.37 bits per heavy atom. The highest BCUT2D eigenvalue weighted by Crippen LogP contribution is 2.32. The van der Waals surface area contributed by atoms with Gasteiger partial charge in [0.05, 0.1) is 22.7 Å². The Bertz CT molecular complexity index is 1550. The van der Waals surface area contributed by atoms with E-state index in [2.05, 4.69) is 64.9 Å². The molecule has 2 heterocycles. The number of aliphatic carboxylic acids is 1. The normalized spacial score (nSPS) is 11.5. The van der Waals surface area contributed by atoms with Crippen LogP contribution in [0.1, 0.15) is 36.3 Å². The topological polar surface area (TPSA) is 107 Å². The van der Waals surface area contributed by atoms with E-state index in [0.717, 1.165) is 25.2 Å². The molecular weight excluding hydrogens is 542 g/mol. The molecule has 5 rings (SSSR count). The van der Waals surface area contributed by atoms with Crippen molar-refractivity contribution in [1.82, 2.24) is 14.9 Å². The Hall–Kier alpha value is -4.40. The second kappa shape index (κ2) is 14.8. The minimum atomic E-state index is -1.00. The minimum Gasteiger partial charge on any atom is -0.483 e. The summed E-state index contributed by atoms with van der Waals surface area (Å²) in [5, 5.41) is 12.5. The van der Waals surface area contributed by atoms with E-state index in [9.17, 15) is 9.59 Å². The largest absolute Gasteiger partial charge is 0.483 e. The van der Waals surface area contributed by atoms with E-state index >= 15 is 0 Å². The number of carbonyl (C=O) groups is 1. The number of carboxylic acids is 1. The van der Waals surface area contributed by atoms with Gasteiger partial charge in [-0.2, -0.15) is 0 Å². The fraction of sp³-hybridized carbons (Fsp3) is 0.219. The third-order valence-electron chi connectivity index (χ3n) is 6.28. The SMILES string of the molecule is C[C@@H](Oc1cc2oc(=O)n(CCC(=O)O)c2cc1Cl)c1ccccn1.c1ccc(CCNCc2ccccc2)cc1. The quantitative estimate of drug-likeness (QED) is 0.179. The summed E-state index contributed by atoms with van der Waals surface area (Å²) in [7, 11) is 0. The second-order valence-corrected chi connectivity index (χ2v) is 9.73. The molecule has 0 saturated carbocycles. The van der Waals surface area contributed by atoms with Gasteiger partial charge in [-0.1, -0.05) is 78.3 Å². The van der Waals surface area contributed by atoms with Gasteiger partial charge in [-0.15, -0.1) is 0 Å². The van der Waals surface area contributed by atoms with Crippen LogP contribution in [0.4, 0.5) is 0 Å². The highest BCUT2D eigenvalue weighted by molar-refractivity contribution is 6.32. The first-order valence-electron chi connectivity index (χ1n) is 13.3. The molecule has 0 spiro atoms. The number of aromatic nitrogens is 2. The molecule has 5 aromatic rings. The molecule has 0 unspecified atom stereocenters. The summed E-state index contributed by atoms with van der Waals surface area (Å²) in [5.41, 5.74) is 4.18. The Labute approximate surface area is 243 Å². The molecule has 0 bridgehead atoms. The average Bonchev–Trinajstić information content (AvgIpc) is 3.29. The molecule has 0 aliphatic carbocycles. The van der Waals surface area contributed by atoms with Crippen LogP contribution in [0.15, 0.2) is 106 Å². The van der Waals surface area contributed by atoms with Gasteiger partial charge < -0.3 is 19.6 Å². The molecule has 0 radical (unpaired) electrons. The monoisotopic (exact) mass is 573 g/mol. The molecule has 41 heavy (non-hydrogen) atoms. The summed E-state index contributed by atoms with van der Waals surface area (Å²) in [6.07, 6.45) is 2.22. The molecule has 0 aliphatic rings. The lowest BCUT2D eigenvalue weighted by atomic mass is 10.1. The Balaban J connectivity index is 0.000000208. The molecule has 0 fully saturated rings. The maximum absolute atomic E-state index is 11.9. The number of aryl methyl sites for hydroxylation is 1. The first kappa shape index (κ1) is 29.6. The summed E-state index contributed by atoms with van der Waals surface area (Å²) in [6, 6.07) is 29.6. The standard InChI is InChI=1S/C17H15ClN2O5.C15H17N/c1-10(12-4-2-3-6-19-12)24-14-9-15-13(8-11(14)18)20(17(23)25-15)7-5-16(21)22;1-3-7-14(8-4-1)11-12-16-13-15-9-5-2-6-10-15/h2-4,6,8-10H,5,7H2,1H3,(H,21,22);1-10,16H,11-13H2/t10-;/m1./s1. The molecule has 2 aromatic heterocycles. The van der Waals surface area contributed by atoms with Crippen LogP contribution < -0.4 is 15.8 Å². The maximum atomic E-state index is 11.9. The first-order chi connectivity index (χ1) is 19.9. The van der Waals surface area contributed by atoms with Gasteiger partial charge in [-0.25, -0.2) is 4.79 Å². The van der Waals surface area contributed by atoms with Crippen LogP contribution in [0.2, 0.25) is 5.02 Å². The molecular formula is C32H32ClN3O5. The van der Waals surface area contributed by atoms with Gasteiger partial charge in [0, 0.05) is 25.4 Å². The van der Waals surface area contributed by atoms with E-state index in [4.69, 9.17) is 25.9 Å². The van der Waals surface area contributed by atoms with Crippen molar-refractivity contribution in [2.45, 2.75) is 39.0 Å². The van der Waals surface area contributed by atoms with Crippen molar-refractivity contribution in [3.63, 3.8) is 0 Å². The van der Waals surface area contributed by atoms with Crippen molar-refractivity contribution < 1.29 is 19.1 Å². The Morgan fingerprint density at radius 2 is 1.71 bits per heavy atom.